The number of hydrogen-bond acceptors (Lipinski definition) is 3. The molecule has 1 saturated heterocycles. The van der Waals surface area contributed by atoms with Crippen molar-refractivity contribution in [3.63, 3.8) is 0 Å². The van der Waals surface area contributed by atoms with E-state index in [1.165, 1.54) is 36.4 Å². The summed E-state index contributed by atoms with van der Waals surface area (Å²) >= 11 is 3.25. The van der Waals surface area contributed by atoms with Gasteiger partial charge in [-0.2, -0.15) is 13.2 Å². The van der Waals surface area contributed by atoms with Crippen molar-refractivity contribution in [3.05, 3.63) is 105 Å². The number of carbonyl (C=O) groups is 2. The van der Waals surface area contributed by atoms with Gasteiger partial charge in [-0.3, -0.25) is 14.5 Å². The number of nitrogens with zero attached hydrogens (tertiary/aromatic N) is 1. The molecule has 1 fully saturated rings. The molecule has 0 spiro atoms. The second-order valence-electron chi connectivity index (χ2n) is 7.25. The minimum Gasteiger partial charge on any atom is -0.507 e. The number of aliphatic hydroxyl groups excluding tert-OH is 1. The highest BCUT2D eigenvalue weighted by molar-refractivity contribution is 9.10. The Morgan fingerprint density at radius 2 is 1.61 bits per heavy atom. The smallest absolute Gasteiger partial charge is 0.416 e. The van der Waals surface area contributed by atoms with Gasteiger partial charge in [-0.25, -0.2) is 4.39 Å². The van der Waals surface area contributed by atoms with E-state index in [2.05, 4.69) is 15.9 Å². The first-order valence-corrected chi connectivity index (χ1v) is 10.4. The fourth-order valence-electron chi connectivity index (χ4n) is 3.69. The van der Waals surface area contributed by atoms with Gasteiger partial charge in [0.2, 0.25) is 0 Å². The van der Waals surface area contributed by atoms with Crippen LogP contribution in [0.3, 0.4) is 0 Å². The fourth-order valence-corrected chi connectivity index (χ4v) is 3.95. The molecule has 1 N–H and O–H groups in total. The summed E-state index contributed by atoms with van der Waals surface area (Å²) in [5.74, 6) is -3.67. The van der Waals surface area contributed by atoms with E-state index in [0.29, 0.717) is 10.5 Å². The molecule has 0 bridgehead atoms. The first-order valence-electron chi connectivity index (χ1n) is 9.58. The summed E-state index contributed by atoms with van der Waals surface area (Å²) in [6.45, 7) is 0. The first kappa shape index (κ1) is 22.7. The molecule has 1 atom stereocenters. The SMILES string of the molecule is O=C1C(=O)N(c2cccc(C(F)(F)F)c2)[C@@H](c2ccccc2F)C1=C(O)c1ccc(Br)cc1. The van der Waals surface area contributed by atoms with E-state index >= 15 is 0 Å². The molecule has 4 nitrogen and oxygen atoms in total. The third-order valence-corrected chi connectivity index (χ3v) is 5.74. The lowest BCUT2D eigenvalue weighted by Crippen LogP contribution is -2.30. The minimum absolute atomic E-state index is 0.146. The average molecular weight is 520 g/mol. The Kier molecular flexibility index (Phi) is 5.84. The molecular weight excluding hydrogens is 506 g/mol. The number of ketones is 1. The van der Waals surface area contributed by atoms with Gasteiger partial charge in [0.1, 0.15) is 11.6 Å². The second kappa shape index (κ2) is 8.47. The summed E-state index contributed by atoms with van der Waals surface area (Å²) in [5.41, 5.74) is -1.68. The van der Waals surface area contributed by atoms with Crippen LogP contribution < -0.4 is 4.90 Å². The lowest BCUT2D eigenvalue weighted by atomic mass is 9.94. The van der Waals surface area contributed by atoms with Crippen LogP contribution in [0.15, 0.2) is 82.8 Å². The average Bonchev–Trinajstić information content (AvgIpc) is 3.04. The van der Waals surface area contributed by atoms with Crippen LogP contribution in [0.25, 0.3) is 5.76 Å². The summed E-state index contributed by atoms with van der Waals surface area (Å²) < 4.78 is 55.4. The number of benzene rings is 3. The molecule has 1 heterocycles. The van der Waals surface area contributed by atoms with Crippen LogP contribution in [0.5, 0.6) is 0 Å². The van der Waals surface area contributed by atoms with E-state index in [1.807, 2.05) is 0 Å². The van der Waals surface area contributed by atoms with Gasteiger partial charge in [0.15, 0.2) is 0 Å². The number of hydrogen-bond donors (Lipinski definition) is 1. The molecule has 33 heavy (non-hydrogen) atoms. The lowest BCUT2D eigenvalue weighted by Gasteiger charge is -2.26. The number of rotatable bonds is 3. The Morgan fingerprint density at radius 3 is 2.24 bits per heavy atom. The van der Waals surface area contributed by atoms with Crippen LogP contribution in [0.2, 0.25) is 0 Å². The van der Waals surface area contributed by atoms with Gasteiger partial charge < -0.3 is 5.11 Å². The zero-order valence-electron chi connectivity index (χ0n) is 16.6. The van der Waals surface area contributed by atoms with Crippen molar-refractivity contribution in [2.24, 2.45) is 0 Å². The molecule has 4 rings (SSSR count). The molecule has 168 valence electrons. The zero-order valence-corrected chi connectivity index (χ0v) is 18.2. The largest absolute Gasteiger partial charge is 0.507 e. The highest BCUT2D eigenvalue weighted by Gasteiger charge is 2.48. The highest BCUT2D eigenvalue weighted by atomic mass is 79.9. The van der Waals surface area contributed by atoms with Gasteiger partial charge in [0, 0.05) is 21.3 Å². The van der Waals surface area contributed by atoms with Crippen molar-refractivity contribution in [2.75, 3.05) is 4.90 Å². The molecular formula is C24H14BrF4NO3. The third-order valence-electron chi connectivity index (χ3n) is 5.21. The number of halogens is 5. The Bertz CT molecular complexity index is 1290. The number of aliphatic hydroxyl groups is 1. The van der Waals surface area contributed by atoms with Crippen molar-refractivity contribution in [1.82, 2.24) is 0 Å². The molecule has 1 amide bonds. The molecule has 1 aliphatic heterocycles. The second-order valence-corrected chi connectivity index (χ2v) is 8.16. The van der Waals surface area contributed by atoms with E-state index in [-0.39, 0.29) is 16.8 Å². The Morgan fingerprint density at radius 1 is 0.939 bits per heavy atom. The van der Waals surface area contributed by atoms with E-state index in [4.69, 9.17) is 0 Å². The molecule has 3 aromatic rings. The molecule has 9 heteroatoms. The summed E-state index contributed by atoms with van der Waals surface area (Å²) in [4.78, 5) is 26.7. The van der Waals surface area contributed by atoms with Crippen LogP contribution in [0.4, 0.5) is 23.2 Å². The molecule has 3 aromatic carbocycles. The van der Waals surface area contributed by atoms with E-state index in [1.54, 1.807) is 12.1 Å². The summed E-state index contributed by atoms with van der Waals surface area (Å²) in [5, 5.41) is 10.9. The number of amides is 1. The Labute approximate surface area is 193 Å². The standard InChI is InChI=1S/C24H14BrF4NO3/c25-15-10-8-13(9-11-15)21(31)19-20(17-6-1-2-7-18(17)26)30(23(33)22(19)32)16-5-3-4-14(12-16)24(27,28)29/h1-12,20,31H/t20-/m0/s1. The summed E-state index contributed by atoms with van der Waals surface area (Å²) in [6, 6.07) is 13.8. The van der Waals surface area contributed by atoms with Gasteiger partial charge in [-0.1, -0.05) is 52.3 Å². The van der Waals surface area contributed by atoms with Crippen LogP contribution in [0, 0.1) is 5.82 Å². The van der Waals surface area contributed by atoms with E-state index in [0.717, 1.165) is 23.1 Å². The maximum atomic E-state index is 14.8. The van der Waals surface area contributed by atoms with Crippen LogP contribution in [-0.4, -0.2) is 16.8 Å². The summed E-state index contributed by atoms with van der Waals surface area (Å²) in [6.07, 6.45) is -4.70. The first-order chi connectivity index (χ1) is 15.6. The third kappa shape index (κ3) is 4.16. The Hall–Kier alpha value is -3.46. The van der Waals surface area contributed by atoms with Crippen molar-refractivity contribution in [2.45, 2.75) is 12.2 Å². The summed E-state index contributed by atoms with van der Waals surface area (Å²) in [7, 11) is 0. The predicted molar refractivity (Wildman–Crippen MR) is 117 cm³/mol. The van der Waals surface area contributed by atoms with Gasteiger partial charge >= 0.3 is 6.18 Å². The fraction of sp³-hybridized carbons (Fsp3) is 0.0833. The molecule has 1 aliphatic rings. The predicted octanol–water partition coefficient (Wildman–Crippen LogP) is 6.23. The highest BCUT2D eigenvalue weighted by Crippen LogP contribution is 2.44. The zero-order chi connectivity index (χ0) is 23.9. The molecule has 0 radical (unpaired) electrons. The Balaban J connectivity index is 1.97. The van der Waals surface area contributed by atoms with Gasteiger partial charge in [-0.15, -0.1) is 0 Å². The molecule has 0 aromatic heterocycles. The quantitative estimate of drug-likeness (QED) is 0.193. The van der Waals surface area contributed by atoms with Gasteiger partial charge in [-0.05, 0) is 36.4 Å². The maximum absolute atomic E-state index is 14.8. The van der Waals surface area contributed by atoms with Crippen LogP contribution >= 0.6 is 15.9 Å². The van der Waals surface area contributed by atoms with Crippen LogP contribution in [-0.2, 0) is 15.8 Å². The number of carbonyl (C=O) groups excluding carboxylic acids is 2. The monoisotopic (exact) mass is 519 g/mol. The van der Waals surface area contributed by atoms with Crippen molar-refractivity contribution in [3.8, 4) is 0 Å². The van der Waals surface area contributed by atoms with E-state index in [9.17, 15) is 32.3 Å². The van der Waals surface area contributed by atoms with Gasteiger partial charge in [0.05, 0.1) is 17.2 Å². The minimum atomic E-state index is -4.70. The van der Waals surface area contributed by atoms with E-state index < -0.39 is 46.6 Å². The van der Waals surface area contributed by atoms with Crippen molar-refractivity contribution in [1.29, 1.82) is 0 Å². The molecule has 0 unspecified atom stereocenters. The molecule has 0 aliphatic carbocycles. The van der Waals surface area contributed by atoms with Crippen molar-refractivity contribution >= 4 is 39.1 Å². The number of alkyl halides is 3. The maximum Gasteiger partial charge on any atom is 0.416 e. The number of anilines is 1. The van der Waals surface area contributed by atoms with Crippen LogP contribution in [0.1, 0.15) is 22.7 Å². The lowest BCUT2D eigenvalue weighted by molar-refractivity contribution is -0.137. The topological polar surface area (TPSA) is 57.6 Å². The normalized spacial score (nSPS) is 18.1. The van der Waals surface area contributed by atoms with Crippen molar-refractivity contribution < 1.29 is 32.3 Å². The van der Waals surface area contributed by atoms with Gasteiger partial charge in [0.25, 0.3) is 11.7 Å². The number of Topliss-reactive ketones (excluding diaryl/α,β-unsaturated/α-hetero) is 1. The molecule has 0 saturated carbocycles.